The van der Waals surface area contributed by atoms with Crippen molar-refractivity contribution in [3.8, 4) is 0 Å². The summed E-state index contributed by atoms with van der Waals surface area (Å²) < 4.78 is 23.2. The average Bonchev–Trinajstić information content (AvgIpc) is 2.86. The Hall–Kier alpha value is -1.89. The van der Waals surface area contributed by atoms with Gasteiger partial charge in [0.1, 0.15) is 0 Å². The monoisotopic (exact) mass is 325 g/mol. The van der Waals surface area contributed by atoms with E-state index in [1.54, 1.807) is 13.0 Å². The van der Waals surface area contributed by atoms with Gasteiger partial charge in [-0.2, -0.15) is 0 Å². The topological polar surface area (TPSA) is 101 Å². The molecular weight excluding hydrogens is 306 g/mol. The number of aliphatic carboxylic acids is 1. The molecule has 0 heterocycles. The van der Waals surface area contributed by atoms with Crippen molar-refractivity contribution in [1.29, 1.82) is 0 Å². The number of benzene rings is 1. The number of nitrogens with one attached hydrogen (secondary N) is 1. The summed E-state index contributed by atoms with van der Waals surface area (Å²) >= 11 is 0. The molecule has 1 amide bonds. The number of carbonyl (C=O) groups excluding carboxylic acids is 1. The molecule has 0 unspecified atom stereocenters. The zero-order chi connectivity index (χ0) is 16.5. The first-order valence-corrected chi connectivity index (χ1v) is 8.93. The van der Waals surface area contributed by atoms with E-state index >= 15 is 0 Å². The normalized spacial score (nSPS) is 21.5. The molecule has 1 aliphatic rings. The third kappa shape index (κ3) is 3.47. The van der Waals surface area contributed by atoms with Gasteiger partial charge in [0, 0.05) is 17.9 Å². The minimum absolute atomic E-state index is 0.0736. The molecule has 7 heteroatoms. The molecule has 22 heavy (non-hydrogen) atoms. The summed E-state index contributed by atoms with van der Waals surface area (Å²) in [6, 6.07) is 3.96. The van der Waals surface area contributed by atoms with Crippen LogP contribution in [-0.2, 0) is 14.6 Å². The predicted molar refractivity (Wildman–Crippen MR) is 80.5 cm³/mol. The minimum atomic E-state index is -3.40. The van der Waals surface area contributed by atoms with Crippen LogP contribution in [0.5, 0.6) is 0 Å². The molecule has 0 saturated heterocycles. The average molecular weight is 325 g/mol. The summed E-state index contributed by atoms with van der Waals surface area (Å²) in [6.45, 7) is 1.71. The number of carbonyl (C=O) groups is 2. The van der Waals surface area contributed by atoms with Gasteiger partial charge in [-0.15, -0.1) is 0 Å². The van der Waals surface area contributed by atoms with E-state index in [9.17, 15) is 18.0 Å². The van der Waals surface area contributed by atoms with E-state index in [1.165, 1.54) is 12.1 Å². The van der Waals surface area contributed by atoms with Gasteiger partial charge in [0.05, 0.1) is 10.8 Å². The van der Waals surface area contributed by atoms with Gasteiger partial charge in [-0.25, -0.2) is 8.42 Å². The van der Waals surface area contributed by atoms with Crippen LogP contribution in [-0.4, -0.2) is 37.7 Å². The number of hydrogen-bond acceptors (Lipinski definition) is 4. The molecule has 0 aromatic heterocycles. The number of aryl methyl sites for hydroxylation is 1. The molecule has 1 aromatic rings. The van der Waals surface area contributed by atoms with Gasteiger partial charge in [0.25, 0.3) is 5.91 Å². The molecule has 1 saturated carbocycles. The van der Waals surface area contributed by atoms with Crippen molar-refractivity contribution in [2.24, 2.45) is 5.92 Å². The zero-order valence-electron chi connectivity index (χ0n) is 12.5. The van der Waals surface area contributed by atoms with Crippen molar-refractivity contribution in [3.05, 3.63) is 29.3 Å². The first-order chi connectivity index (χ1) is 10.2. The fraction of sp³-hybridized carbons (Fsp3) is 0.467. The Labute approximate surface area is 129 Å². The second kappa shape index (κ2) is 6.08. The number of amides is 1. The van der Waals surface area contributed by atoms with E-state index in [-0.39, 0.29) is 10.5 Å². The molecule has 6 nitrogen and oxygen atoms in total. The highest BCUT2D eigenvalue weighted by Gasteiger charge is 2.34. The largest absolute Gasteiger partial charge is 0.481 e. The highest BCUT2D eigenvalue weighted by atomic mass is 32.2. The fourth-order valence-corrected chi connectivity index (χ4v) is 3.40. The molecule has 2 N–H and O–H groups in total. The van der Waals surface area contributed by atoms with Crippen LogP contribution in [0.3, 0.4) is 0 Å². The van der Waals surface area contributed by atoms with Gasteiger partial charge in [0.15, 0.2) is 9.84 Å². The highest BCUT2D eigenvalue weighted by molar-refractivity contribution is 7.90. The van der Waals surface area contributed by atoms with Crippen molar-refractivity contribution < 1.29 is 23.1 Å². The maximum Gasteiger partial charge on any atom is 0.308 e. The van der Waals surface area contributed by atoms with Gasteiger partial charge in [-0.1, -0.05) is 12.5 Å². The summed E-state index contributed by atoms with van der Waals surface area (Å²) in [4.78, 5) is 23.6. The van der Waals surface area contributed by atoms with Crippen molar-refractivity contribution in [3.63, 3.8) is 0 Å². The van der Waals surface area contributed by atoms with Crippen molar-refractivity contribution in [2.75, 3.05) is 6.26 Å². The van der Waals surface area contributed by atoms with Crippen LogP contribution >= 0.6 is 0 Å². The summed E-state index contributed by atoms with van der Waals surface area (Å²) in [5.74, 6) is -1.92. The van der Waals surface area contributed by atoms with Crippen LogP contribution in [0.1, 0.15) is 35.2 Å². The van der Waals surface area contributed by atoms with E-state index in [4.69, 9.17) is 5.11 Å². The molecule has 0 radical (unpaired) electrons. The second-order valence-corrected chi connectivity index (χ2v) is 7.72. The summed E-state index contributed by atoms with van der Waals surface area (Å²) in [6.07, 6.45) is 3.00. The van der Waals surface area contributed by atoms with E-state index in [0.717, 1.165) is 12.7 Å². The van der Waals surface area contributed by atoms with E-state index in [0.29, 0.717) is 18.4 Å². The lowest BCUT2D eigenvalue weighted by molar-refractivity contribution is -0.142. The fourth-order valence-electron chi connectivity index (χ4n) is 2.75. The number of rotatable bonds is 4. The summed E-state index contributed by atoms with van der Waals surface area (Å²) in [5.41, 5.74) is 0.911. The molecular formula is C15H19NO5S. The number of carboxylic acids is 1. The van der Waals surface area contributed by atoms with E-state index < -0.39 is 33.7 Å². The van der Waals surface area contributed by atoms with Crippen LogP contribution in [0.15, 0.2) is 23.1 Å². The minimum Gasteiger partial charge on any atom is -0.481 e. The second-order valence-electron chi connectivity index (χ2n) is 5.70. The van der Waals surface area contributed by atoms with Gasteiger partial charge >= 0.3 is 5.97 Å². The first kappa shape index (κ1) is 16.5. The zero-order valence-corrected chi connectivity index (χ0v) is 13.3. The summed E-state index contributed by atoms with van der Waals surface area (Å²) in [5, 5.41) is 11.9. The molecule has 120 valence electrons. The van der Waals surface area contributed by atoms with Crippen molar-refractivity contribution >= 4 is 21.7 Å². The first-order valence-electron chi connectivity index (χ1n) is 7.04. The SMILES string of the molecule is Cc1ccc(S(C)(=O)=O)cc1C(=O)N[C@@H]1CCC[C@@H]1C(=O)O. The highest BCUT2D eigenvalue weighted by Crippen LogP contribution is 2.26. The quantitative estimate of drug-likeness (QED) is 0.871. The smallest absolute Gasteiger partial charge is 0.308 e. The molecule has 2 atom stereocenters. The van der Waals surface area contributed by atoms with Crippen LogP contribution in [0.25, 0.3) is 0 Å². The van der Waals surface area contributed by atoms with E-state index in [2.05, 4.69) is 5.32 Å². The lowest BCUT2D eigenvalue weighted by Gasteiger charge is -2.18. The maximum absolute atomic E-state index is 12.4. The molecule has 0 aliphatic heterocycles. The van der Waals surface area contributed by atoms with E-state index in [1.807, 2.05) is 0 Å². The maximum atomic E-state index is 12.4. The van der Waals surface area contributed by atoms with Gasteiger partial charge in [-0.3, -0.25) is 9.59 Å². The molecule has 0 spiro atoms. The third-order valence-corrected chi connectivity index (χ3v) is 5.14. The molecule has 1 aliphatic carbocycles. The predicted octanol–water partition coefficient (Wildman–Crippen LogP) is 1.38. The van der Waals surface area contributed by atoms with Crippen molar-refractivity contribution in [2.45, 2.75) is 37.1 Å². The van der Waals surface area contributed by atoms with Crippen LogP contribution < -0.4 is 5.32 Å². The number of sulfone groups is 1. The lowest BCUT2D eigenvalue weighted by atomic mass is 10.0. The standard InChI is InChI=1S/C15H19NO5S/c1-9-6-7-10(22(2,20)21)8-12(9)14(17)16-13-5-3-4-11(13)15(18)19/h6-8,11,13H,3-5H2,1-2H3,(H,16,17)(H,18,19)/t11-,13+/m0/s1. The van der Waals surface area contributed by atoms with Crippen LogP contribution in [0, 0.1) is 12.8 Å². The van der Waals surface area contributed by atoms with Crippen molar-refractivity contribution in [1.82, 2.24) is 5.32 Å². The molecule has 2 rings (SSSR count). The van der Waals surface area contributed by atoms with Gasteiger partial charge in [0.2, 0.25) is 0 Å². The van der Waals surface area contributed by atoms with Gasteiger partial charge in [-0.05, 0) is 37.5 Å². The Bertz CT molecular complexity index is 711. The Morgan fingerprint density at radius 3 is 2.55 bits per heavy atom. The molecule has 1 fully saturated rings. The number of hydrogen-bond donors (Lipinski definition) is 2. The Balaban J connectivity index is 2.24. The van der Waals surface area contributed by atoms with Gasteiger partial charge < -0.3 is 10.4 Å². The molecule has 1 aromatic carbocycles. The Morgan fingerprint density at radius 2 is 1.95 bits per heavy atom. The lowest BCUT2D eigenvalue weighted by Crippen LogP contribution is -2.40. The summed E-state index contributed by atoms with van der Waals surface area (Å²) in [7, 11) is -3.40. The Kier molecular flexibility index (Phi) is 4.55. The third-order valence-electron chi connectivity index (χ3n) is 4.03. The Morgan fingerprint density at radius 1 is 1.27 bits per heavy atom. The number of carboxylic acid groups (broad SMARTS) is 1. The van der Waals surface area contributed by atoms with Crippen LogP contribution in [0.4, 0.5) is 0 Å². The molecule has 0 bridgehead atoms. The van der Waals surface area contributed by atoms with Crippen LogP contribution in [0.2, 0.25) is 0 Å².